The van der Waals surface area contributed by atoms with E-state index in [0.717, 1.165) is 44.9 Å². The van der Waals surface area contributed by atoms with Crippen molar-refractivity contribution in [3.8, 4) is 0 Å². The fourth-order valence-corrected chi connectivity index (χ4v) is 13.0. The molecule has 0 spiro atoms. The second kappa shape index (κ2) is 53.0. The molecule has 19 heteroatoms. The molecule has 0 bridgehead atoms. The predicted molar refractivity (Wildman–Crippen MR) is 347 cm³/mol. The lowest BCUT2D eigenvalue weighted by Gasteiger charge is -2.48. The van der Waals surface area contributed by atoms with E-state index in [1.54, 1.807) is 0 Å². The number of rotatable bonds is 58. The average molecular weight is 1280 g/mol. The molecular weight excluding hydrogens is 1140 g/mol. The summed E-state index contributed by atoms with van der Waals surface area (Å²) >= 11 is 0. The molecule has 17 unspecified atom stereocenters. The Balaban J connectivity index is 1.35. The van der Waals surface area contributed by atoms with Gasteiger partial charge in [0.1, 0.15) is 73.2 Å². The van der Waals surface area contributed by atoms with Crippen molar-refractivity contribution in [1.82, 2.24) is 5.32 Å². The smallest absolute Gasteiger partial charge is 0.220 e. The molecule has 0 aliphatic carbocycles. The molecule has 3 rings (SSSR count). The van der Waals surface area contributed by atoms with Crippen LogP contribution in [0.2, 0.25) is 0 Å². The number of amides is 1. The van der Waals surface area contributed by atoms with Crippen molar-refractivity contribution in [3.63, 3.8) is 0 Å². The van der Waals surface area contributed by atoms with E-state index in [-0.39, 0.29) is 18.9 Å². The summed E-state index contributed by atoms with van der Waals surface area (Å²) < 4.78 is 34.4. The standard InChI is InChI=1S/C70H135NO18/c1-3-5-7-9-11-13-15-17-18-19-20-21-22-23-24-25-26-27-28-29-30-31-32-33-34-36-37-39-41-43-45-47-54(75)53(71-58(76)48-46-44-42-40-38-35-16-14-12-10-8-6-4-2)52-84-68-64(82)61(79)66(56(50-73)86-68)89-70-65(83)62(80)67(57(51-74)87-70)88-69-63(81)60(78)59(77)55(49-72)85-69/h53-57,59-70,72-75,77-83H,3-52H2,1-2H3,(H,71,76). The van der Waals surface area contributed by atoms with E-state index < -0.39 is 124 Å². The Morgan fingerprint density at radius 1 is 0.360 bits per heavy atom. The SMILES string of the molecule is CCCCCCCCCCCCCCCCCCCCCCCCCCCCCCCCCC(O)C(COC1OC(CO)C(OC2OC(CO)C(OC3OC(CO)C(O)C(O)C3O)C(O)C2O)C(O)C1O)NC(=O)CCCCCCCCCCCCCCC. The van der Waals surface area contributed by atoms with Gasteiger partial charge in [0.2, 0.25) is 5.91 Å². The van der Waals surface area contributed by atoms with Crippen LogP contribution in [0.1, 0.15) is 309 Å². The molecule has 3 aliphatic rings. The third-order valence-electron chi connectivity index (χ3n) is 18.9. The van der Waals surface area contributed by atoms with Crippen LogP contribution in [0, 0.1) is 0 Å². The summed E-state index contributed by atoms with van der Waals surface area (Å²) in [5.74, 6) is -0.237. The molecule has 3 aliphatic heterocycles. The summed E-state index contributed by atoms with van der Waals surface area (Å²) in [6.07, 6.45) is 30.6. The van der Waals surface area contributed by atoms with Crippen LogP contribution in [0.5, 0.6) is 0 Å². The number of unbranched alkanes of at least 4 members (excludes halogenated alkanes) is 42. The monoisotopic (exact) mass is 1280 g/mol. The molecule has 528 valence electrons. The summed E-state index contributed by atoms with van der Waals surface area (Å²) in [6, 6.07) is -0.881. The minimum absolute atomic E-state index is 0.237. The normalized spacial score (nSPS) is 28.1. The van der Waals surface area contributed by atoms with Crippen molar-refractivity contribution in [2.75, 3.05) is 26.4 Å². The van der Waals surface area contributed by atoms with Crippen molar-refractivity contribution in [2.45, 2.75) is 413 Å². The molecule has 3 fully saturated rings. The first-order valence-electron chi connectivity index (χ1n) is 36.8. The average Bonchev–Trinajstić information content (AvgIpc) is 2.30. The van der Waals surface area contributed by atoms with E-state index in [2.05, 4.69) is 19.2 Å². The molecule has 89 heavy (non-hydrogen) atoms. The van der Waals surface area contributed by atoms with Crippen LogP contribution in [0.15, 0.2) is 0 Å². The second-order valence-electron chi connectivity index (χ2n) is 26.8. The maximum Gasteiger partial charge on any atom is 0.220 e. The summed E-state index contributed by atoms with van der Waals surface area (Å²) in [7, 11) is 0. The van der Waals surface area contributed by atoms with Gasteiger partial charge in [0.05, 0.1) is 38.6 Å². The lowest BCUT2D eigenvalue weighted by molar-refractivity contribution is -0.379. The lowest BCUT2D eigenvalue weighted by Crippen LogP contribution is -2.66. The highest BCUT2D eigenvalue weighted by Crippen LogP contribution is 2.33. The summed E-state index contributed by atoms with van der Waals surface area (Å²) in [5.41, 5.74) is 0. The highest BCUT2D eigenvalue weighted by Gasteiger charge is 2.53. The Bertz CT molecular complexity index is 1620. The molecule has 3 heterocycles. The summed E-state index contributed by atoms with van der Waals surface area (Å²) in [4.78, 5) is 13.4. The van der Waals surface area contributed by atoms with Gasteiger partial charge in [-0.2, -0.15) is 0 Å². The number of nitrogens with one attached hydrogen (secondary N) is 1. The predicted octanol–water partition coefficient (Wildman–Crippen LogP) is 10.3. The number of aliphatic hydroxyl groups is 11. The Morgan fingerprint density at radius 3 is 0.978 bits per heavy atom. The largest absolute Gasteiger partial charge is 0.394 e. The van der Waals surface area contributed by atoms with E-state index in [0.29, 0.717) is 12.8 Å². The zero-order valence-electron chi connectivity index (χ0n) is 55.9. The number of ether oxygens (including phenoxy) is 6. The third-order valence-corrected chi connectivity index (χ3v) is 18.9. The first kappa shape index (κ1) is 82.0. The zero-order chi connectivity index (χ0) is 64.7. The fourth-order valence-electron chi connectivity index (χ4n) is 13.0. The van der Waals surface area contributed by atoms with Crippen LogP contribution in [0.3, 0.4) is 0 Å². The topological polar surface area (TPSA) is 307 Å². The molecule has 0 aromatic heterocycles. The van der Waals surface area contributed by atoms with Gasteiger partial charge in [0, 0.05) is 6.42 Å². The fraction of sp³-hybridized carbons (Fsp3) is 0.986. The minimum Gasteiger partial charge on any atom is -0.394 e. The maximum absolute atomic E-state index is 13.4. The molecule has 0 aromatic rings. The van der Waals surface area contributed by atoms with Gasteiger partial charge in [-0.3, -0.25) is 4.79 Å². The Hall–Kier alpha value is -1.21. The van der Waals surface area contributed by atoms with Crippen molar-refractivity contribution in [2.24, 2.45) is 0 Å². The summed E-state index contributed by atoms with van der Waals surface area (Å²) in [6.45, 7) is 1.84. The number of hydrogen-bond acceptors (Lipinski definition) is 18. The molecule has 0 radical (unpaired) electrons. The van der Waals surface area contributed by atoms with Crippen molar-refractivity contribution >= 4 is 5.91 Å². The molecular formula is C70H135NO18. The molecule has 3 saturated heterocycles. The first-order chi connectivity index (χ1) is 43.3. The van der Waals surface area contributed by atoms with Gasteiger partial charge in [0.25, 0.3) is 0 Å². The maximum atomic E-state index is 13.4. The number of carbonyl (C=O) groups is 1. The molecule has 19 nitrogen and oxygen atoms in total. The van der Waals surface area contributed by atoms with Crippen LogP contribution >= 0.6 is 0 Å². The summed E-state index contributed by atoms with van der Waals surface area (Å²) in [5, 5.41) is 121. The van der Waals surface area contributed by atoms with Gasteiger partial charge in [-0.1, -0.05) is 290 Å². The van der Waals surface area contributed by atoms with Crippen LogP contribution in [-0.2, 0) is 33.2 Å². The Labute approximate surface area is 538 Å². The van der Waals surface area contributed by atoms with Crippen LogP contribution in [-0.4, -0.2) is 193 Å². The van der Waals surface area contributed by atoms with Gasteiger partial charge in [-0.05, 0) is 12.8 Å². The van der Waals surface area contributed by atoms with Crippen LogP contribution in [0.25, 0.3) is 0 Å². The Kier molecular flexibility index (Phi) is 48.8. The molecule has 1 amide bonds. The number of carbonyl (C=O) groups excluding carboxylic acids is 1. The highest BCUT2D eigenvalue weighted by molar-refractivity contribution is 5.76. The quantitative estimate of drug-likeness (QED) is 0.0252. The van der Waals surface area contributed by atoms with Gasteiger partial charge in [0.15, 0.2) is 18.9 Å². The van der Waals surface area contributed by atoms with E-state index >= 15 is 0 Å². The molecule has 0 saturated carbocycles. The molecule has 17 atom stereocenters. The third kappa shape index (κ3) is 34.9. The van der Waals surface area contributed by atoms with Crippen molar-refractivity contribution < 1.29 is 89.4 Å². The van der Waals surface area contributed by atoms with E-state index in [1.165, 1.54) is 231 Å². The molecule has 0 aromatic carbocycles. The van der Waals surface area contributed by atoms with E-state index in [9.17, 15) is 61.0 Å². The van der Waals surface area contributed by atoms with Gasteiger partial charge < -0.3 is 89.9 Å². The van der Waals surface area contributed by atoms with Crippen LogP contribution in [0.4, 0.5) is 0 Å². The van der Waals surface area contributed by atoms with Gasteiger partial charge >= 0.3 is 0 Å². The Morgan fingerprint density at radius 2 is 0.640 bits per heavy atom. The van der Waals surface area contributed by atoms with E-state index in [4.69, 9.17) is 28.4 Å². The van der Waals surface area contributed by atoms with Gasteiger partial charge in [-0.15, -0.1) is 0 Å². The number of aliphatic hydroxyl groups excluding tert-OH is 11. The minimum atomic E-state index is -1.97. The van der Waals surface area contributed by atoms with Crippen molar-refractivity contribution in [3.05, 3.63) is 0 Å². The molecule has 12 N–H and O–H groups in total. The van der Waals surface area contributed by atoms with Gasteiger partial charge in [-0.25, -0.2) is 0 Å². The second-order valence-corrected chi connectivity index (χ2v) is 26.8. The van der Waals surface area contributed by atoms with E-state index in [1.807, 2.05) is 0 Å². The number of hydrogen-bond donors (Lipinski definition) is 12. The highest BCUT2D eigenvalue weighted by atomic mass is 16.8. The van der Waals surface area contributed by atoms with Crippen molar-refractivity contribution in [1.29, 1.82) is 0 Å². The first-order valence-corrected chi connectivity index (χ1v) is 36.8. The van der Waals surface area contributed by atoms with Crippen LogP contribution < -0.4 is 5.32 Å². The lowest BCUT2D eigenvalue weighted by atomic mass is 9.96. The zero-order valence-corrected chi connectivity index (χ0v) is 55.9.